The molecular formula is C14H15BrN2O4. The Labute approximate surface area is 130 Å². The standard InChI is InChI=1S/C14H15BrN2O4/c1-21-7-3-6-16-11(18)8-17-10-5-2-4-9(15)12(10)13(19)14(17)20/h2,4-5H,3,6-8H2,1H3,(H,16,18). The Bertz CT molecular complexity index is 588. The SMILES string of the molecule is COCCCNC(=O)CN1C(=O)C(=O)c2c(Br)cccc21. The highest BCUT2D eigenvalue weighted by molar-refractivity contribution is 9.10. The van der Waals surface area contributed by atoms with Crippen LogP contribution in [0.3, 0.4) is 0 Å². The van der Waals surface area contributed by atoms with E-state index in [1.54, 1.807) is 25.3 Å². The van der Waals surface area contributed by atoms with Gasteiger partial charge in [0.2, 0.25) is 5.91 Å². The molecule has 7 heteroatoms. The van der Waals surface area contributed by atoms with Crippen molar-refractivity contribution in [2.24, 2.45) is 0 Å². The summed E-state index contributed by atoms with van der Waals surface area (Å²) in [6, 6.07) is 5.07. The van der Waals surface area contributed by atoms with Gasteiger partial charge in [0, 0.05) is 24.7 Å². The molecule has 112 valence electrons. The van der Waals surface area contributed by atoms with Crippen LogP contribution >= 0.6 is 15.9 Å². The summed E-state index contributed by atoms with van der Waals surface area (Å²) in [4.78, 5) is 37.0. The zero-order chi connectivity index (χ0) is 15.4. The number of ketones is 1. The lowest BCUT2D eigenvalue weighted by atomic mass is 10.1. The van der Waals surface area contributed by atoms with Crippen LogP contribution in [0, 0.1) is 0 Å². The minimum atomic E-state index is -0.677. The lowest BCUT2D eigenvalue weighted by Crippen LogP contribution is -2.40. The van der Waals surface area contributed by atoms with Gasteiger partial charge in [-0.15, -0.1) is 0 Å². The van der Waals surface area contributed by atoms with E-state index in [0.29, 0.717) is 35.3 Å². The number of nitrogens with one attached hydrogen (secondary N) is 1. The number of nitrogens with zero attached hydrogens (tertiary/aromatic N) is 1. The number of fused-ring (bicyclic) bond motifs is 1. The first-order valence-corrected chi connectivity index (χ1v) is 7.26. The normalized spacial score (nSPS) is 13.5. The molecule has 0 aliphatic carbocycles. The molecule has 1 heterocycles. The summed E-state index contributed by atoms with van der Waals surface area (Å²) >= 11 is 3.25. The predicted molar refractivity (Wildman–Crippen MR) is 80.3 cm³/mol. The summed E-state index contributed by atoms with van der Waals surface area (Å²) in [6.07, 6.45) is 0.692. The van der Waals surface area contributed by atoms with Crippen LogP contribution in [-0.2, 0) is 14.3 Å². The molecule has 0 aromatic heterocycles. The van der Waals surface area contributed by atoms with Crippen LogP contribution in [0.15, 0.2) is 22.7 Å². The molecule has 1 aromatic carbocycles. The quantitative estimate of drug-likeness (QED) is 0.613. The van der Waals surface area contributed by atoms with Gasteiger partial charge in [-0.3, -0.25) is 19.3 Å². The number of carbonyl (C=O) groups excluding carboxylic acids is 3. The third-order valence-corrected chi connectivity index (χ3v) is 3.76. The predicted octanol–water partition coefficient (Wildman–Crippen LogP) is 1.13. The van der Waals surface area contributed by atoms with E-state index in [1.807, 2.05) is 0 Å². The van der Waals surface area contributed by atoms with Crippen molar-refractivity contribution in [1.29, 1.82) is 0 Å². The second-order valence-corrected chi connectivity index (χ2v) is 5.41. The number of rotatable bonds is 6. The van der Waals surface area contributed by atoms with Gasteiger partial charge < -0.3 is 10.1 Å². The minimum Gasteiger partial charge on any atom is -0.385 e. The van der Waals surface area contributed by atoms with Crippen molar-refractivity contribution >= 4 is 39.2 Å². The minimum absolute atomic E-state index is 0.166. The molecule has 0 saturated carbocycles. The molecule has 0 fully saturated rings. The van der Waals surface area contributed by atoms with Crippen LogP contribution in [0.5, 0.6) is 0 Å². The second kappa shape index (κ2) is 6.82. The Morgan fingerprint density at radius 1 is 1.38 bits per heavy atom. The van der Waals surface area contributed by atoms with E-state index in [0.717, 1.165) is 0 Å². The Morgan fingerprint density at radius 3 is 2.86 bits per heavy atom. The number of anilines is 1. The Morgan fingerprint density at radius 2 is 2.14 bits per heavy atom. The van der Waals surface area contributed by atoms with Gasteiger partial charge in [-0.05, 0) is 34.5 Å². The van der Waals surface area contributed by atoms with Crippen LogP contribution in [0.25, 0.3) is 0 Å². The van der Waals surface area contributed by atoms with E-state index in [2.05, 4.69) is 21.2 Å². The van der Waals surface area contributed by atoms with Gasteiger partial charge in [-0.2, -0.15) is 0 Å². The highest BCUT2D eigenvalue weighted by Gasteiger charge is 2.38. The van der Waals surface area contributed by atoms with Crippen LogP contribution in [0.1, 0.15) is 16.8 Å². The van der Waals surface area contributed by atoms with Crippen molar-refractivity contribution in [2.45, 2.75) is 6.42 Å². The molecule has 0 bridgehead atoms. The van der Waals surface area contributed by atoms with Crippen LogP contribution < -0.4 is 10.2 Å². The molecule has 2 rings (SSSR count). The van der Waals surface area contributed by atoms with E-state index in [9.17, 15) is 14.4 Å². The zero-order valence-corrected chi connectivity index (χ0v) is 13.1. The summed E-state index contributed by atoms with van der Waals surface area (Å²) in [6.45, 7) is 0.853. The molecule has 2 amide bonds. The van der Waals surface area contributed by atoms with E-state index >= 15 is 0 Å². The Kier molecular flexibility index (Phi) is 5.08. The Hall–Kier alpha value is -1.73. The maximum absolute atomic E-state index is 12.0. The molecule has 21 heavy (non-hydrogen) atoms. The third-order valence-electron chi connectivity index (χ3n) is 3.10. The number of halogens is 1. The third kappa shape index (κ3) is 3.30. The van der Waals surface area contributed by atoms with Gasteiger partial charge in [0.1, 0.15) is 6.54 Å². The molecule has 1 aromatic rings. The first-order chi connectivity index (χ1) is 10.1. The van der Waals surface area contributed by atoms with Crippen molar-refractivity contribution < 1.29 is 19.1 Å². The summed E-state index contributed by atoms with van der Waals surface area (Å²) in [7, 11) is 1.59. The summed E-state index contributed by atoms with van der Waals surface area (Å²) in [5, 5.41) is 2.69. The van der Waals surface area contributed by atoms with Crippen molar-refractivity contribution in [3.63, 3.8) is 0 Å². The molecule has 0 radical (unpaired) electrons. The van der Waals surface area contributed by atoms with Gasteiger partial charge in [0.15, 0.2) is 0 Å². The molecule has 0 spiro atoms. The summed E-state index contributed by atoms with van der Waals surface area (Å²) in [5.41, 5.74) is 0.779. The van der Waals surface area contributed by atoms with Crippen molar-refractivity contribution in [3.05, 3.63) is 28.2 Å². The first kappa shape index (κ1) is 15.7. The van der Waals surface area contributed by atoms with Crippen LogP contribution in [-0.4, -0.2) is 44.4 Å². The average Bonchev–Trinajstić information content (AvgIpc) is 2.70. The van der Waals surface area contributed by atoms with Crippen molar-refractivity contribution in [1.82, 2.24) is 5.32 Å². The van der Waals surface area contributed by atoms with Gasteiger partial charge >= 0.3 is 0 Å². The number of carbonyl (C=O) groups is 3. The van der Waals surface area contributed by atoms with E-state index in [1.165, 1.54) is 4.90 Å². The largest absolute Gasteiger partial charge is 0.385 e. The van der Waals surface area contributed by atoms with Crippen LogP contribution in [0.2, 0.25) is 0 Å². The van der Waals surface area contributed by atoms with Gasteiger partial charge in [-0.1, -0.05) is 6.07 Å². The molecule has 1 aliphatic rings. The molecule has 0 atom stereocenters. The van der Waals surface area contributed by atoms with Crippen molar-refractivity contribution in [2.75, 3.05) is 31.7 Å². The molecule has 0 unspecified atom stereocenters. The fraction of sp³-hybridized carbons (Fsp3) is 0.357. The topological polar surface area (TPSA) is 75.7 Å². The number of hydrogen-bond acceptors (Lipinski definition) is 4. The molecule has 0 saturated heterocycles. The highest BCUT2D eigenvalue weighted by atomic mass is 79.9. The van der Waals surface area contributed by atoms with E-state index in [-0.39, 0.29) is 12.5 Å². The van der Waals surface area contributed by atoms with Gasteiger partial charge in [-0.25, -0.2) is 0 Å². The monoisotopic (exact) mass is 354 g/mol. The average molecular weight is 355 g/mol. The maximum atomic E-state index is 12.0. The van der Waals surface area contributed by atoms with E-state index < -0.39 is 11.7 Å². The molecule has 1 N–H and O–H groups in total. The fourth-order valence-electron chi connectivity index (χ4n) is 2.10. The number of hydrogen-bond donors (Lipinski definition) is 1. The first-order valence-electron chi connectivity index (χ1n) is 6.46. The number of methoxy groups -OCH3 is 1. The number of benzene rings is 1. The molecule has 1 aliphatic heterocycles. The fourth-order valence-corrected chi connectivity index (χ4v) is 2.64. The highest BCUT2D eigenvalue weighted by Crippen LogP contribution is 2.33. The van der Waals surface area contributed by atoms with Gasteiger partial charge in [0.25, 0.3) is 11.7 Å². The van der Waals surface area contributed by atoms with Crippen molar-refractivity contribution in [3.8, 4) is 0 Å². The number of ether oxygens (including phenoxy) is 1. The Balaban J connectivity index is 2.05. The summed E-state index contributed by atoms with van der Waals surface area (Å²) in [5.74, 6) is -1.58. The lowest BCUT2D eigenvalue weighted by molar-refractivity contribution is -0.122. The second-order valence-electron chi connectivity index (χ2n) is 4.55. The van der Waals surface area contributed by atoms with E-state index in [4.69, 9.17) is 4.74 Å². The number of amides is 2. The molecule has 6 nitrogen and oxygen atoms in total. The van der Waals surface area contributed by atoms with Gasteiger partial charge in [0.05, 0.1) is 11.3 Å². The maximum Gasteiger partial charge on any atom is 0.299 e. The smallest absolute Gasteiger partial charge is 0.299 e. The number of Topliss-reactive ketones (excluding diaryl/α,β-unsaturated/α-hetero) is 1. The lowest BCUT2D eigenvalue weighted by Gasteiger charge is -2.16. The summed E-state index contributed by atoms with van der Waals surface area (Å²) < 4.78 is 5.44. The zero-order valence-electron chi connectivity index (χ0n) is 11.5. The van der Waals surface area contributed by atoms with Crippen LogP contribution in [0.4, 0.5) is 5.69 Å². The molecular weight excluding hydrogens is 340 g/mol.